The van der Waals surface area contributed by atoms with Crippen molar-refractivity contribution in [1.82, 2.24) is 0 Å². The Kier molecular flexibility index (Phi) is 4.06. The summed E-state index contributed by atoms with van der Waals surface area (Å²) >= 11 is 6.02. The van der Waals surface area contributed by atoms with Crippen LogP contribution in [0.4, 0.5) is 5.69 Å². The minimum atomic E-state index is -0.245. The summed E-state index contributed by atoms with van der Waals surface area (Å²) in [6.07, 6.45) is 0.813. The van der Waals surface area contributed by atoms with Crippen molar-refractivity contribution in [1.29, 1.82) is 0 Å². The molecule has 0 saturated heterocycles. The van der Waals surface area contributed by atoms with Crippen LogP contribution in [-0.2, 0) is 10.2 Å². The van der Waals surface area contributed by atoms with Crippen LogP contribution in [-0.4, -0.2) is 5.91 Å². The number of carbonyl (C=O) groups excluding carboxylic acids is 1. The summed E-state index contributed by atoms with van der Waals surface area (Å²) in [5.74, 6) is -0.0498. The van der Waals surface area contributed by atoms with Crippen molar-refractivity contribution >= 4 is 23.2 Å². The van der Waals surface area contributed by atoms with Crippen molar-refractivity contribution in [2.24, 2.45) is 5.92 Å². The summed E-state index contributed by atoms with van der Waals surface area (Å²) in [4.78, 5) is 12.9. The zero-order chi connectivity index (χ0) is 17.3. The number of benzene rings is 3. The Balaban J connectivity index is 1.65. The van der Waals surface area contributed by atoms with Gasteiger partial charge in [0.05, 0.1) is 5.92 Å². The van der Waals surface area contributed by atoms with Gasteiger partial charge in [-0.05, 0) is 35.7 Å². The van der Waals surface area contributed by atoms with E-state index in [0.717, 1.165) is 12.1 Å². The fraction of sp³-hybridized carbons (Fsp3) is 0.136. The van der Waals surface area contributed by atoms with Crippen molar-refractivity contribution in [3.8, 4) is 0 Å². The number of hydrogen-bond acceptors (Lipinski definition) is 1. The second-order valence-corrected chi connectivity index (χ2v) is 6.90. The SMILES string of the molecule is O=C(Nc1cccc(Cl)c1)[C@H]1CC1(c1ccccc1)c1ccccc1. The lowest BCUT2D eigenvalue weighted by molar-refractivity contribution is -0.117. The number of carbonyl (C=O) groups is 1. The molecule has 0 aliphatic heterocycles. The Morgan fingerprint density at radius 2 is 1.48 bits per heavy atom. The topological polar surface area (TPSA) is 29.1 Å². The zero-order valence-electron chi connectivity index (χ0n) is 13.7. The van der Waals surface area contributed by atoms with E-state index in [4.69, 9.17) is 11.6 Å². The lowest BCUT2D eigenvalue weighted by Crippen LogP contribution is -2.22. The van der Waals surface area contributed by atoms with Gasteiger partial charge in [-0.2, -0.15) is 0 Å². The van der Waals surface area contributed by atoms with Crippen molar-refractivity contribution < 1.29 is 4.79 Å². The largest absolute Gasteiger partial charge is 0.326 e. The minimum Gasteiger partial charge on any atom is -0.326 e. The molecule has 25 heavy (non-hydrogen) atoms. The Labute approximate surface area is 152 Å². The summed E-state index contributed by atoms with van der Waals surface area (Å²) in [6, 6.07) is 27.9. The second-order valence-electron chi connectivity index (χ2n) is 6.46. The summed E-state index contributed by atoms with van der Waals surface area (Å²) in [7, 11) is 0. The van der Waals surface area contributed by atoms with Crippen molar-refractivity contribution in [2.75, 3.05) is 5.32 Å². The molecule has 1 saturated carbocycles. The van der Waals surface area contributed by atoms with Crippen LogP contribution in [0.25, 0.3) is 0 Å². The predicted octanol–water partition coefficient (Wildman–Crippen LogP) is 5.28. The van der Waals surface area contributed by atoms with Gasteiger partial charge in [0.2, 0.25) is 5.91 Å². The second kappa shape index (κ2) is 6.38. The molecule has 3 heteroatoms. The number of halogens is 1. The first-order valence-electron chi connectivity index (χ1n) is 8.37. The smallest absolute Gasteiger partial charge is 0.228 e. The predicted molar refractivity (Wildman–Crippen MR) is 102 cm³/mol. The van der Waals surface area contributed by atoms with Crippen LogP contribution in [0, 0.1) is 5.92 Å². The molecular formula is C22H18ClNO. The molecule has 0 spiro atoms. The first-order valence-corrected chi connectivity index (χ1v) is 8.75. The highest BCUT2D eigenvalue weighted by atomic mass is 35.5. The van der Waals surface area contributed by atoms with E-state index >= 15 is 0 Å². The van der Waals surface area contributed by atoms with Gasteiger partial charge in [-0.3, -0.25) is 4.79 Å². The Morgan fingerprint density at radius 3 is 2.04 bits per heavy atom. The molecule has 0 bridgehead atoms. The zero-order valence-corrected chi connectivity index (χ0v) is 14.4. The third-order valence-electron chi connectivity index (χ3n) is 4.95. The van der Waals surface area contributed by atoms with Gasteiger partial charge in [-0.25, -0.2) is 0 Å². The van der Waals surface area contributed by atoms with Gasteiger partial charge in [0.15, 0.2) is 0 Å². The molecule has 4 rings (SSSR count). The molecule has 0 radical (unpaired) electrons. The highest BCUT2D eigenvalue weighted by Crippen LogP contribution is 2.59. The quantitative estimate of drug-likeness (QED) is 0.683. The lowest BCUT2D eigenvalue weighted by Gasteiger charge is -2.19. The molecule has 2 nitrogen and oxygen atoms in total. The fourth-order valence-corrected chi connectivity index (χ4v) is 3.84. The van der Waals surface area contributed by atoms with Crippen LogP contribution in [0.5, 0.6) is 0 Å². The third-order valence-corrected chi connectivity index (χ3v) is 5.18. The van der Waals surface area contributed by atoms with E-state index < -0.39 is 0 Å². The van der Waals surface area contributed by atoms with Crippen LogP contribution in [0.2, 0.25) is 5.02 Å². The van der Waals surface area contributed by atoms with E-state index in [1.807, 2.05) is 48.5 Å². The summed E-state index contributed by atoms with van der Waals surface area (Å²) < 4.78 is 0. The summed E-state index contributed by atoms with van der Waals surface area (Å²) in [5.41, 5.74) is 2.87. The number of nitrogens with one attached hydrogen (secondary N) is 1. The molecule has 1 amide bonds. The average molecular weight is 348 g/mol. The van der Waals surface area contributed by atoms with E-state index in [0.29, 0.717) is 5.02 Å². The Morgan fingerprint density at radius 1 is 0.880 bits per heavy atom. The summed E-state index contributed by atoms with van der Waals surface area (Å²) in [5, 5.41) is 3.63. The van der Waals surface area contributed by atoms with Gasteiger partial charge < -0.3 is 5.32 Å². The van der Waals surface area contributed by atoms with Crippen molar-refractivity contribution in [3.63, 3.8) is 0 Å². The minimum absolute atomic E-state index is 0.0370. The van der Waals surface area contributed by atoms with Crippen LogP contribution >= 0.6 is 11.6 Å². The average Bonchev–Trinajstić information content (AvgIpc) is 3.40. The van der Waals surface area contributed by atoms with Gasteiger partial charge in [0.25, 0.3) is 0 Å². The molecule has 1 fully saturated rings. The van der Waals surface area contributed by atoms with Gasteiger partial charge in [-0.15, -0.1) is 0 Å². The monoisotopic (exact) mass is 347 g/mol. The molecule has 1 N–H and O–H groups in total. The van der Waals surface area contributed by atoms with Crippen LogP contribution in [0.15, 0.2) is 84.9 Å². The normalized spacial score (nSPS) is 17.7. The molecule has 0 unspecified atom stereocenters. The van der Waals surface area contributed by atoms with Gasteiger partial charge in [-0.1, -0.05) is 78.3 Å². The van der Waals surface area contributed by atoms with E-state index in [1.165, 1.54) is 11.1 Å². The third kappa shape index (κ3) is 2.94. The molecule has 0 heterocycles. The van der Waals surface area contributed by atoms with E-state index in [9.17, 15) is 4.79 Å². The molecule has 1 aliphatic rings. The fourth-order valence-electron chi connectivity index (χ4n) is 3.65. The highest BCUT2D eigenvalue weighted by Gasteiger charge is 2.60. The molecule has 0 aromatic heterocycles. The molecule has 124 valence electrons. The van der Waals surface area contributed by atoms with Crippen LogP contribution < -0.4 is 5.32 Å². The first kappa shape index (κ1) is 15.9. The number of anilines is 1. The lowest BCUT2D eigenvalue weighted by atomic mass is 9.85. The Hall–Kier alpha value is -2.58. The maximum absolute atomic E-state index is 12.9. The van der Waals surface area contributed by atoms with Crippen molar-refractivity contribution in [3.05, 3.63) is 101 Å². The van der Waals surface area contributed by atoms with Gasteiger partial charge in [0.1, 0.15) is 0 Å². The number of hydrogen-bond donors (Lipinski definition) is 1. The van der Waals surface area contributed by atoms with E-state index in [-0.39, 0.29) is 17.2 Å². The standard InChI is InChI=1S/C22H18ClNO/c23-18-12-7-13-19(14-18)24-21(25)20-15-22(20,16-8-3-1-4-9-16)17-10-5-2-6-11-17/h1-14,20H,15H2,(H,24,25)/t20-/m1/s1. The van der Waals surface area contributed by atoms with Crippen molar-refractivity contribution in [2.45, 2.75) is 11.8 Å². The molecule has 1 atom stereocenters. The molecule has 3 aromatic rings. The van der Waals surface area contributed by atoms with Crippen LogP contribution in [0.1, 0.15) is 17.5 Å². The number of amides is 1. The maximum atomic E-state index is 12.9. The van der Waals surface area contributed by atoms with Gasteiger partial charge in [0, 0.05) is 16.1 Å². The first-order chi connectivity index (χ1) is 12.2. The van der Waals surface area contributed by atoms with E-state index in [2.05, 4.69) is 29.6 Å². The molecular weight excluding hydrogens is 330 g/mol. The molecule has 1 aliphatic carbocycles. The maximum Gasteiger partial charge on any atom is 0.228 e. The summed E-state index contributed by atoms with van der Waals surface area (Å²) in [6.45, 7) is 0. The highest BCUT2D eigenvalue weighted by molar-refractivity contribution is 6.30. The number of rotatable bonds is 4. The Bertz CT molecular complexity index is 853. The molecule has 3 aromatic carbocycles. The van der Waals surface area contributed by atoms with Gasteiger partial charge >= 0.3 is 0 Å². The van der Waals surface area contributed by atoms with Crippen LogP contribution in [0.3, 0.4) is 0 Å². The van der Waals surface area contributed by atoms with E-state index in [1.54, 1.807) is 12.1 Å².